The molecule has 1 rings (SSSR count). The highest BCUT2D eigenvalue weighted by Gasteiger charge is 2.31. The first-order chi connectivity index (χ1) is 5.09. The second-order valence-electron chi connectivity index (χ2n) is 3.04. The number of carbonyl (C=O) groups excluding carboxylic acids is 1. The van der Waals surface area contributed by atoms with Crippen molar-refractivity contribution in [3.8, 4) is 0 Å². The molecular weight excluding hydrogens is 144 g/mol. The van der Waals surface area contributed by atoms with Gasteiger partial charge in [-0.3, -0.25) is 4.79 Å². The van der Waals surface area contributed by atoms with Crippen LogP contribution in [-0.4, -0.2) is 24.3 Å². The van der Waals surface area contributed by atoms with Gasteiger partial charge < -0.3 is 9.47 Å². The summed E-state index contributed by atoms with van der Waals surface area (Å²) in [7, 11) is 0. The molecule has 0 aliphatic carbocycles. The van der Waals surface area contributed by atoms with Crippen LogP contribution in [0.4, 0.5) is 0 Å². The summed E-state index contributed by atoms with van der Waals surface area (Å²) in [5.41, 5.74) is 0. The van der Waals surface area contributed by atoms with Gasteiger partial charge in [-0.05, 0) is 13.8 Å². The van der Waals surface area contributed by atoms with Gasteiger partial charge in [0.2, 0.25) is 0 Å². The first kappa shape index (κ1) is 8.53. The Morgan fingerprint density at radius 2 is 2.18 bits per heavy atom. The van der Waals surface area contributed by atoms with Crippen molar-refractivity contribution in [2.75, 3.05) is 0 Å². The molecule has 0 aromatic heterocycles. The highest BCUT2D eigenvalue weighted by atomic mass is 16.6. The van der Waals surface area contributed by atoms with Crippen LogP contribution in [0.1, 0.15) is 27.2 Å². The van der Waals surface area contributed by atoms with Crippen molar-refractivity contribution in [3.63, 3.8) is 0 Å². The van der Waals surface area contributed by atoms with E-state index in [1.807, 2.05) is 13.8 Å². The van der Waals surface area contributed by atoms with Crippen LogP contribution in [0.3, 0.4) is 0 Å². The van der Waals surface area contributed by atoms with E-state index in [-0.39, 0.29) is 24.3 Å². The number of carbonyl (C=O) groups is 1. The van der Waals surface area contributed by atoms with Crippen LogP contribution in [0.15, 0.2) is 0 Å². The van der Waals surface area contributed by atoms with Gasteiger partial charge in [0, 0.05) is 13.3 Å². The zero-order chi connectivity index (χ0) is 8.43. The molecule has 64 valence electrons. The Balaban J connectivity index is 2.40. The van der Waals surface area contributed by atoms with Crippen molar-refractivity contribution in [3.05, 3.63) is 0 Å². The van der Waals surface area contributed by atoms with E-state index >= 15 is 0 Å². The minimum absolute atomic E-state index is 0.0394. The molecule has 3 atom stereocenters. The molecule has 1 aliphatic rings. The minimum atomic E-state index is -0.223. The zero-order valence-corrected chi connectivity index (χ0v) is 7.16. The molecule has 0 saturated carbocycles. The third kappa shape index (κ3) is 2.19. The average Bonchev–Trinajstić information content (AvgIpc) is 2.09. The molecule has 1 heterocycles. The van der Waals surface area contributed by atoms with Gasteiger partial charge in [0.05, 0.1) is 12.2 Å². The van der Waals surface area contributed by atoms with Crippen LogP contribution in [0, 0.1) is 0 Å². The van der Waals surface area contributed by atoms with Crippen molar-refractivity contribution >= 4 is 5.97 Å². The lowest BCUT2D eigenvalue weighted by atomic mass is 10.2. The van der Waals surface area contributed by atoms with Crippen LogP contribution in [0.2, 0.25) is 0 Å². The lowest BCUT2D eigenvalue weighted by molar-refractivity contribution is -0.148. The minimum Gasteiger partial charge on any atom is -0.460 e. The lowest BCUT2D eigenvalue weighted by Crippen LogP contribution is -2.23. The molecule has 0 amide bonds. The molecule has 0 aromatic rings. The van der Waals surface area contributed by atoms with E-state index in [0.717, 1.165) is 6.42 Å². The SMILES string of the molecule is CC(=O)O[C@@H]1C[C@@H](C)O[C@H]1C. The molecule has 1 aliphatic heterocycles. The van der Waals surface area contributed by atoms with Crippen LogP contribution in [0.25, 0.3) is 0 Å². The van der Waals surface area contributed by atoms with Crippen molar-refractivity contribution in [2.24, 2.45) is 0 Å². The number of esters is 1. The summed E-state index contributed by atoms with van der Waals surface area (Å²) in [5, 5.41) is 0. The van der Waals surface area contributed by atoms with Gasteiger partial charge in [0.1, 0.15) is 6.10 Å². The highest BCUT2D eigenvalue weighted by Crippen LogP contribution is 2.22. The molecule has 0 radical (unpaired) electrons. The Hall–Kier alpha value is -0.570. The first-order valence-corrected chi connectivity index (χ1v) is 3.92. The maximum absolute atomic E-state index is 10.6. The summed E-state index contributed by atoms with van der Waals surface area (Å²) < 4.78 is 10.4. The largest absolute Gasteiger partial charge is 0.460 e. The molecule has 0 bridgehead atoms. The number of hydrogen-bond donors (Lipinski definition) is 0. The maximum atomic E-state index is 10.6. The van der Waals surface area contributed by atoms with Crippen molar-refractivity contribution in [1.29, 1.82) is 0 Å². The van der Waals surface area contributed by atoms with Crippen molar-refractivity contribution in [2.45, 2.75) is 45.5 Å². The van der Waals surface area contributed by atoms with E-state index in [0.29, 0.717) is 0 Å². The van der Waals surface area contributed by atoms with Crippen LogP contribution in [-0.2, 0) is 14.3 Å². The molecule has 3 nitrogen and oxygen atoms in total. The fourth-order valence-corrected chi connectivity index (χ4v) is 1.39. The standard InChI is InChI=1S/C8H14O3/c1-5-4-8(6(2)10-5)11-7(3)9/h5-6,8H,4H2,1-3H3/t5-,6+,8-/m1/s1. The summed E-state index contributed by atoms with van der Waals surface area (Å²) in [5.74, 6) is -0.223. The lowest BCUT2D eigenvalue weighted by Gasteiger charge is -2.12. The fourth-order valence-electron chi connectivity index (χ4n) is 1.39. The van der Waals surface area contributed by atoms with Crippen molar-refractivity contribution in [1.82, 2.24) is 0 Å². The monoisotopic (exact) mass is 158 g/mol. The second-order valence-corrected chi connectivity index (χ2v) is 3.04. The first-order valence-electron chi connectivity index (χ1n) is 3.92. The van der Waals surface area contributed by atoms with Crippen molar-refractivity contribution < 1.29 is 14.3 Å². The quantitative estimate of drug-likeness (QED) is 0.536. The van der Waals surface area contributed by atoms with E-state index in [1.54, 1.807) is 0 Å². The smallest absolute Gasteiger partial charge is 0.302 e. The van der Waals surface area contributed by atoms with E-state index in [2.05, 4.69) is 0 Å². The Kier molecular flexibility index (Phi) is 2.49. The average molecular weight is 158 g/mol. The molecule has 0 spiro atoms. The van der Waals surface area contributed by atoms with Gasteiger partial charge in [-0.1, -0.05) is 0 Å². The molecule has 1 saturated heterocycles. The molecular formula is C8H14O3. The summed E-state index contributed by atoms with van der Waals surface area (Å²) in [6.45, 7) is 5.34. The molecule has 0 N–H and O–H groups in total. The predicted octanol–water partition coefficient (Wildman–Crippen LogP) is 1.12. The summed E-state index contributed by atoms with van der Waals surface area (Å²) in [6.07, 6.45) is 1.05. The van der Waals surface area contributed by atoms with E-state index in [4.69, 9.17) is 9.47 Å². The van der Waals surface area contributed by atoms with Crippen LogP contribution < -0.4 is 0 Å². The van der Waals surface area contributed by atoms with Gasteiger partial charge in [-0.25, -0.2) is 0 Å². The molecule has 1 fully saturated rings. The van der Waals surface area contributed by atoms with E-state index < -0.39 is 0 Å². The van der Waals surface area contributed by atoms with Crippen LogP contribution >= 0.6 is 0 Å². The molecule has 11 heavy (non-hydrogen) atoms. The maximum Gasteiger partial charge on any atom is 0.302 e. The normalized spacial score (nSPS) is 37.2. The van der Waals surface area contributed by atoms with Gasteiger partial charge in [0.25, 0.3) is 0 Å². The summed E-state index contributed by atoms with van der Waals surface area (Å²) in [4.78, 5) is 10.6. The number of rotatable bonds is 1. The summed E-state index contributed by atoms with van der Waals surface area (Å²) in [6, 6.07) is 0. The van der Waals surface area contributed by atoms with Gasteiger partial charge in [0.15, 0.2) is 0 Å². The second kappa shape index (κ2) is 3.22. The zero-order valence-electron chi connectivity index (χ0n) is 7.16. The van der Waals surface area contributed by atoms with Crippen LogP contribution in [0.5, 0.6) is 0 Å². The number of ether oxygens (including phenoxy) is 2. The molecule has 0 unspecified atom stereocenters. The third-order valence-electron chi connectivity index (χ3n) is 1.85. The Morgan fingerprint density at radius 3 is 2.55 bits per heavy atom. The fraction of sp³-hybridized carbons (Fsp3) is 0.875. The Labute approximate surface area is 66.7 Å². The molecule has 0 aromatic carbocycles. The predicted molar refractivity (Wildman–Crippen MR) is 40.2 cm³/mol. The third-order valence-corrected chi connectivity index (χ3v) is 1.85. The Morgan fingerprint density at radius 1 is 1.55 bits per heavy atom. The molecule has 3 heteroatoms. The van der Waals surface area contributed by atoms with Gasteiger partial charge in [-0.15, -0.1) is 0 Å². The van der Waals surface area contributed by atoms with Gasteiger partial charge in [-0.2, -0.15) is 0 Å². The summed E-state index contributed by atoms with van der Waals surface area (Å²) >= 11 is 0. The number of hydrogen-bond acceptors (Lipinski definition) is 3. The topological polar surface area (TPSA) is 35.5 Å². The highest BCUT2D eigenvalue weighted by molar-refractivity contribution is 5.66. The van der Waals surface area contributed by atoms with Gasteiger partial charge >= 0.3 is 5.97 Å². The van der Waals surface area contributed by atoms with E-state index in [9.17, 15) is 4.79 Å². The van der Waals surface area contributed by atoms with E-state index in [1.165, 1.54) is 6.92 Å². The Bertz CT molecular complexity index is 155.